The Morgan fingerprint density at radius 2 is 2.26 bits per heavy atom. The van der Waals surface area contributed by atoms with E-state index in [2.05, 4.69) is 5.32 Å². The van der Waals surface area contributed by atoms with E-state index in [9.17, 15) is 14.9 Å². The first-order valence-electron chi connectivity index (χ1n) is 5.95. The molecular weight excluding hydrogens is 246 g/mol. The van der Waals surface area contributed by atoms with Crippen molar-refractivity contribution in [3.05, 3.63) is 39.4 Å². The second-order valence-corrected chi connectivity index (χ2v) is 4.17. The summed E-state index contributed by atoms with van der Waals surface area (Å²) in [5, 5.41) is 22.4. The maximum absolute atomic E-state index is 12.0. The molecule has 0 aliphatic carbocycles. The van der Waals surface area contributed by atoms with Gasteiger partial charge in [0.25, 0.3) is 11.6 Å². The Morgan fingerprint density at radius 3 is 2.79 bits per heavy atom. The molecule has 0 radical (unpaired) electrons. The largest absolute Gasteiger partial charge is 0.336 e. The molecule has 0 aliphatic heterocycles. The second-order valence-electron chi connectivity index (χ2n) is 4.17. The summed E-state index contributed by atoms with van der Waals surface area (Å²) in [6, 6.07) is 5.88. The van der Waals surface area contributed by atoms with Crippen molar-refractivity contribution in [2.24, 2.45) is 0 Å². The zero-order valence-corrected chi connectivity index (χ0v) is 10.8. The molecule has 1 atom stereocenters. The Labute approximate surface area is 111 Å². The van der Waals surface area contributed by atoms with Gasteiger partial charge in [0, 0.05) is 5.56 Å². The molecule has 0 aliphatic rings. The topological polar surface area (TPSA) is 96.0 Å². The predicted molar refractivity (Wildman–Crippen MR) is 69.6 cm³/mol. The molecule has 0 aromatic heterocycles. The fraction of sp³-hybridized carbons (Fsp3) is 0.385. The molecule has 1 N–H and O–H groups in total. The molecule has 0 fully saturated rings. The van der Waals surface area contributed by atoms with Gasteiger partial charge < -0.3 is 5.32 Å². The molecule has 6 nitrogen and oxygen atoms in total. The Hall–Kier alpha value is -2.42. The molecule has 0 spiro atoms. The number of hydrogen-bond acceptors (Lipinski definition) is 4. The molecular formula is C13H15N3O3. The molecule has 0 saturated heterocycles. The number of nitrogens with zero attached hydrogens (tertiary/aromatic N) is 2. The lowest BCUT2D eigenvalue weighted by Gasteiger charge is -2.11. The lowest BCUT2D eigenvalue weighted by molar-refractivity contribution is -0.385. The Bertz CT molecular complexity index is 534. The highest BCUT2D eigenvalue weighted by Gasteiger charge is 2.23. The minimum Gasteiger partial charge on any atom is -0.336 e. The quantitative estimate of drug-likeness (QED) is 0.649. The van der Waals surface area contributed by atoms with Gasteiger partial charge in [-0.05, 0) is 19.4 Å². The van der Waals surface area contributed by atoms with Gasteiger partial charge >= 0.3 is 0 Å². The molecule has 6 heteroatoms. The van der Waals surface area contributed by atoms with Crippen LogP contribution in [0.5, 0.6) is 0 Å². The number of hydrogen-bond donors (Lipinski definition) is 1. The van der Waals surface area contributed by atoms with Crippen molar-refractivity contribution in [2.75, 3.05) is 0 Å². The maximum atomic E-state index is 12.0. The summed E-state index contributed by atoms with van der Waals surface area (Å²) < 4.78 is 0. The van der Waals surface area contributed by atoms with Crippen molar-refractivity contribution >= 4 is 11.6 Å². The van der Waals surface area contributed by atoms with Crippen LogP contribution in [0, 0.1) is 28.4 Å². The minimum atomic E-state index is -0.627. The van der Waals surface area contributed by atoms with Gasteiger partial charge in [0.05, 0.1) is 11.0 Å². The smallest absolute Gasteiger partial charge is 0.285 e. The number of amides is 1. The van der Waals surface area contributed by atoms with Crippen molar-refractivity contribution in [3.63, 3.8) is 0 Å². The maximum Gasteiger partial charge on any atom is 0.285 e. The first kappa shape index (κ1) is 14.6. The molecule has 1 rings (SSSR count). The highest BCUT2D eigenvalue weighted by molar-refractivity contribution is 5.98. The van der Waals surface area contributed by atoms with Gasteiger partial charge in [0.15, 0.2) is 0 Å². The van der Waals surface area contributed by atoms with Gasteiger partial charge in [-0.15, -0.1) is 0 Å². The van der Waals surface area contributed by atoms with Crippen LogP contribution >= 0.6 is 0 Å². The standard InChI is InChI=1S/C13H15N3O3/c1-3-5-10(8-14)15-13(17)11-7-4-6-9(2)12(11)16(18)19/h4,6-7,10H,3,5H2,1-2H3,(H,15,17). The Balaban J connectivity index is 3.04. The number of nitrogens with one attached hydrogen (secondary N) is 1. The van der Waals surface area contributed by atoms with E-state index in [0.717, 1.165) is 6.42 Å². The minimum absolute atomic E-state index is 0.0126. The van der Waals surface area contributed by atoms with Crippen LogP contribution in [-0.2, 0) is 0 Å². The van der Waals surface area contributed by atoms with Gasteiger partial charge in [0.1, 0.15) is 11.6 Å². The van der Waals surface area contributed by atoms with Crippen LogP contribution in [0.15, 0.2) is 18.2 Å². The number of nitro benzene ring substituents is 1. The number of nitriles is 1. The second kappa shape index (κ2) is 6.50. The number of rotatable bonds is 5. The highest BCUT2D eigenvalue weighted by Crippen LogP contribution is 2.23. The van der Waals surface area contributed by atoms with Gasteiger partial charge in [-0.1, -0.05) is 25.5 Å². The number of carbonyl (C=O) groups is 1. The average molecular weight is 261 g/mol. The van der Waals surface area contributed by atoms with Crippen LogP contribution in [0.1, 0.15) is 35.7 Å². The monoisotopic (exact) mass is 261 g/mol. The number of aryl methyl sites for hydroxylation is 1. The summed E-state index contributed by atoms with van der Waals surface area (Å²) in [6.45, 7) is 3.47. The van der Waals surface area contributed by atoms with E-state index < -0.39 is 16.9 Å². The Kier molecular flexibility index (Phi) is 5.01. The highest BCUT2D eigenvalue weighted by atomic mass is 16.6. The van der Waals surface area contributed by atoms with E-state index in [1.54, 1.807) is 19.1 Å². The van der Waals surface area contributed by atoms with Crippen molar-refractivity contribution < 1.29 is 9.72 Å². The van der Waals surface area contributed by atoms with E-state index in [4.69, 9.17) is 5.26 Å². The number of benzene rings is 1. The third kappa shape index (κ3) is 3.52. The summed E-state index contributed by atoms with van der Waals surface area (Å²) in [4.78, 5) is 22.4. The Morgan fingerprint density at radius 1 is 1.58 bits per heavy atom. The van der Waals surface area contributed by atoms with Crippen LogP contribution in [0.4, 0.5) is 5.69 Å². The molecule has 1 aromatic carbocycles. The molecule has 1 unspecified atom stereocenters. The first-order chi connectivity index (χ1) is 9.01. The van der Waals surface area contributed by atoms with Crippen molar-refractivity contribution in [1.82, 2.24) is 5.32 Å². The fourth-order valence-electron chi connectivity index (χ4n) is 1.78. The number of carbonyl (C=O) groups excluding carboxylic acids is 1. The van der Waals surface area contributed by atoms with Crippen molar-refractivity contribution in [1.29, 1.82) is 5.26 Å². The van der Waals surface area contributed by atoms with E-state index in [0.29, 0.717) is 12.0 Å². The number of para-hydroxylation sites is 1. The van der Waals surface area contributed by atoms with Crippen LogP contribution in [0.3, 0.4) is 0 Å². The van der Waals surface area contributed by atoms with E-state index in [-0.39, 0.29) is 11.3 Å². The summed E-state index contributed by atoms with van der Waals surface area (Å²) >= 11 is 0. The van der Waals surface area contributed by atoms with E-state index in [1.807, 2.05) is 13.0 Å². The summed E-state index contributed by atoms with van der Waals surface area (Å²) in [6.07, 6.45) is 1.26. The fourth-order valence-corrected chi connectivity index (χ4v) is 1.78. The molecule has 0 bridgehead atoms. The third-order valence-corrected chi connectivity index (χ3v) is 2.70. The van der Waals surface area contributed by atoms with E-state index >= 15 is 0 Å². The SMILES string of the molecule is CCCC(C#N)NC(=O)c1cccc(C)c1[N+](=O)[O-]. The predicted octanol–water partition coefficient (Wildman–Crippen LogP) is 2.33. The average Bonchev–Trinajstić information content (AvgIpc) is 2.37. The third-order valence-electron chi connectivity index (χ3n) is 2.70. The molecule has 1 aromatic rings. The van der Waals surface area contributed by atoms with E-state index in [1.165, 1.54) is 6.07 Å². The zero-order chi connectivity index (χ0) is 14.4. The molecule has 1 amide bonds. The number of nitro groups is 1. The summed E-state index contributed by atoms with van der Waals surface area (Å²) in [5.74, 6) is -0.588. The first-order valence-corrected chi connectivity index (χ1v) is 5.95. The van der Waals surface area contributed by atoms with Crippen LogP contribution in [0.2, 0.25) is 0 Å². The van der Waals surface area contributed by atoms with Gasteiger partial charge in [-0.25, -0.2) is 0 Å². The van der Waals surface area contributed by atoms with Crippen LogP contribution in [0.25, 0.3) is 0 Å². The lowest BCUT2D eigenvalue weighted by atomic mass is 10.1. The van der Waals surface area contributed by atoms with Gasteiger partial charge in [-0.2, -0.15) is 5.26 Å². The van der Waals surface area contributed by atoms with Crippen molar-refractivity contribution in [2.45, 2.75) is 32.7 Å². The van der Waals surface area contributed by atoms with Gasteiger partial charge in [-0.3, -0.25) is 14.9 Å². The molecule has 0 saturated carbocycles. The van der Waals surface area contributed by atoms with Crippen molar-refractivity contribution in [3.8, 4) is 6.07 Å². The summed E-state index contributed by atoms with van der Waals surface area (Å²) in [7, 11) is 0. The van der Waals surface area contributed by atoms with Crippen LogP contribution < -0.4 is 5.32 Å². The zero-order valence-electron chi connectivity index (χ0n) is 10.8. The summed E-state index contributed by atoms with van der Waals surface area (Å²) in [5.41, 5.74) is 0.191. The molecule has 19 heavy (non-hydrogen) atoms. The molecule has 0 heterocycles. The van der Waals surface area contributed by atoms with Gasteiger partial charge in [0.2, 0.25) is 0 Å². The lowest BCUT2D eigenvalue weighted by Crippen LogP contribution is -2.34. The molecule has 100 valence electrons. The normalized spacial score (nSPS) is 11.4. The van der Waals surface area contributed by atoms with Crippen LogP contribution in [-0.4, -0.2) is 16.9 Å².